The van der Waals surface area contributed by atoms with E-state index in [9.17, 15) is 9.59 Å². The fraction of sp³-hybridized carbons (Fsp3) is 0.245. The highest BCUT2D eigenvalue weighted by Gasteiger charge is 2.48. The van der Waals surface area contributed by atoms with Crippen molar-refractivity contribution >= 4 is 11.9 Å². The zero-order valence-electron chi connectivity index (χ0n) is 33.8. The van der Waals surface area contributed by atoms with E-state index in [0.29, 0.717) is 11.5 Å². The van der Waals surface area contributed by atoms with Crippen LogP contribution in [0.5, 0.6) is 11.5 Å². The van der Waals surface area contributed by atoms with Crippen LogP contribution in [0.3, 0.4) is 0 Å². The van der Waals surface area contributed by atoms with Gasteiger partial charge in [0, 0.05) is 17.9 Å². The molecule has 0 saturated heterocycles. The number of ether oxygens (including phenoxy) is 4. The van der Waals surface area contributed by atoms with E-state index in [1.165, 1.54) is 50.1 Å². The molecule has 0 amide bonds. The van der Waals surface area contributed by atoms with E-state index in [2.05, 4.69) is 143 Å². The quantitative estimate of drug-likeness (QED) is 0.0699. The molecule has 0 N–H and O–H groups in total. The molecule has 296 valence electrons. The smallest absolute Gasteiger partial charge is 0.330 e. The minimum Gasteiger partial charge on any atom is -0.490 e. The summed E-state index contributed by atoms with van der Waals surface area (Å²) >= 11 is 0. The molecule has 0 fully saturated rings. The van der Waals surface area contributed by atoms with Gasteiger partial charge < -0.3 is 18.9 Å². The molecule has 0 aliphatic heterocycles. The molecule has 3 unspecified atom stereocenters. The lowest BCUT2D eigenvalue weighted by atomic mass is 9.58. The van der Waals surface area contributed by atoms with Crippen LogP contribution < -0.4 is 9.47 Å². The van der Waals surface area contributed by atoms with Crippen LogP contribution in [-0.4, -0.2) is 38.4 Å². The van der Waals surface area contributed by atoms with Crippen molar-refractivity contribution in [2.24, 2.45) is 5.92 Å². The summed E-state index contributed by atoms with van der Waals surface area (Å²) in [6, 6.07) is 49.1. The molecule has 6 nitrogen and oxygen atoms in total. The van der Waals surface area contributed by atoms with Gasteiger partial charge in [0.05, 0.1) is 11.3 Å². The topological polar surface area (TPSA) is 71.1 Å². The zero-order chi connectivity index (χ0) is 40.7. The molecule has 6 aromatic carbocycles. The van der Waals surface area contributed by atoms with Crippen LogP contribution in [0.25, 0.3) is 11.1 Å². The SMILES string of the molecule is C=CC(=O)OCCOc1ccc(C2(c3ccc(OCCOC(=O)C4CC5c6ccccc6C4c4ccc(C(C)(C)C)cc45)cc3)c3ccccc3-c3ccccc32)cc1. The number of hydrogen-bond acceptors (Lipinski definition) is 6. The molecular formula is C53H48O6. The summed E-state index contributed by atoms with van der Waals surface area (Å²) in [4.78, 5) is 25.3. The first-order valence-electron chi connectivity index (χ1n) is 20.5. The Balaban J connectivity index is 0.914. The Labute approximate surface area is 346 Å². The Bertz CT molecular complexity index is 2500. The van der Waals surface area contributed by atoms with Crippen LogP contribution in [0.15, 0.2) is 152 Å². The van der Waals surface area contributed by atoms with Gasteiger partial charge in [-0.15, -0.1) is 0 Å². The number of rotatable bonds is 12. The van der Waals surface area contributed by atoms with Gasteiger partial charge >= 0.3 is 11.9 Å². The Morgan fingerprint density at radius 1 is 0.627 bits per heavy atom. The molecule has 0 radical (unpaired) electrons. The van der Waals surface area contributed by atoms with Crippen molar-refractivity contribution in [1.29, 1.82) is 0 Å². The minimum absolute atomic E-state index is 0.0166. The van der Waals surface area contributed by atoms with E-state index in [1.54, 1.807) is 0 Å². The molecule has 0 aromatic heterocycles. The summed E-state index contributed by atoms with van der Waals surface area (Å²) in [5.74, 6) is 0.674. The third kappa shape index (κ3) is 6.70. The average Bonchev–Trinajstić information content (AvgIpc) is 3.57. The van der Waals surface area contributed by atoms with Gasteiger partial charge in [0.1, 0.15) is 37.9 Å². The van der Waals surface area contributed by atoms with Crippen molar-refractivity contribution in [3.63, 3.8) is 0 Å². The zero-order valence-corrected chi connectivity index (χ0v) is 33.8. The normalized spacial score (nSPS) is 17.8. The van der Waals surface area contributed by atoms with Gasteiger partial charge in [0.15, 0.2) is 0 Å². The van der Waals surface area contributed by atoms with E-state index in [4.69, 9.17) is 18.9 Å². The first-order valence-corrected chi connectivity index (χ1v) is 20.5. The average molecular weight is 781 g/mol. The van der Waals surface area contributed by atoms with Gasteiger partial charge in [0.25, 0.3) is 0 Å². The lowest BCUT2D eigenvalue weighted by Gasteiger charge is -2.45. The fourth-order valence-electron chi connectivity index (χ4n) is 9.78. The second-order valence-corrected chi connectivity index (χ2v) is 16.7. The summed E-state index contributed by atoms with van der Waals surface area (Å²) in [6.45, 7) is 11.0. The highest BCUT2D eigenvalue weighted by molar-refractivity contribution is 5.86. The van der Waals surface area contributed by atoms with Crippen molar-refractivity contribution in [2.75, 3.05) is 26.4 Å². The van der Waals surface area contributed by atoms with Gasteiger partial charge in [-0.25, -0.2) is 4.79 Å². The van der Waals surface area contributed by atoms with E-state index in [1.807, 2.05) is 24.3 Å². The van der Waals surface area contributed by atoms with Gasteiger partial charge in [-0.3, -0.25) is 4.79 Å². The van der Waals surface area contributed by atoms with Crippen LogP contribution in [0.2, 0.25) is 0 Å². The predicted molar refractivity (Wildman–Crippen MR) is 230 cm³/mol. The van der Waals surface area contributed by atoms with Gasteiger partial charge in [0.2, 0.25) is 0 Å². The van der Waals surface area contributed by atoms with Crippen molar-refractivity contribution in [2.45, 2.75) is 49.9 Å². The Morgan fingerprint density at radius 3 is 1.73 bits per heavy atom. The van der Waals surface area contributed by atoms with Crippen molar-refractivity contribution in [3.8, 4) is 22.6 Å². The molecule has 2 bridgehead atoms. The second-order valence-electron chi connectivity index (χ2n) is 16.7. The maximum atomic E-state index is 13.8. The lowest BCUT2D eigenvalue weighted by Crippen LogP contribution is -2.37. The Morgan fingerprint density at radius 2 is 1.15 bits per heavy atom. The molecule has 59 heavy (non-hydrogen) atoms. The monoisotopic (exact) mass is 780 g/mol. The minimum atomic E-state index is -0.593. The van der Waals surface area contributed by atoms with E-state index in [-0.39, 0.29) is 55.6 Å². The molecule has 6 heteroatoms. The summed E-state index contributed by atoms with van der Waals surface area (Å²) in [6.07, 6.45) is 1.89. The molecule has 0 heterocycles. The third-order valence-corrected chi connectivity index (χ3v) is 12.5. The Kier molecular flexibility index (Phi) is 9.96. The fourth-order valence-corrected chi connectivity index (χ4v) is 9.78. The van der Waals surface area contributed by atoms with Crippen molar-refractivity contribution in [3.05, 3.63) is 202 Å². The maximum absolute atomic E-state index is 13.8. The molecule has 0 saturated carbocycles. The van der Waals surface area contributed by atoms with Crippen LogP contribution in [0.1, 0.15) is 89.1 Å². The number of esters is 2. The molecule has 3 atom stereocenters. The molecule has 6 aromatic rings. The highest BCUT2D eigenvalue weighted by Crippen LogP contribution is 2.57. The van der Waals surface area contributed by atoms with Crippen LogP contribution in [-0.2, 0) is 29.9 Å². The van der Waals surface area contributed by atoms with Gasteiger partial charge in [-0.05, 0) is 97.3 Å². The maximum Gasteiger partial charge on any atom is 0.330 e. The lowest BCUT2D eigenvalue weighted by molar-refractivity contribution is -0.150. The summed E-state index contributed by atoms with van der Waals surface area (Å²) in [5, 5.41) is 0. The van der Waals surface area contributed by atoms with Crippen LogP contribution >= 0.6 is 0 Å². The molecule has 4 aliphatic carbocycles. The predicted octanol–water partition coefficient (Wildman–Crippen LogP) is 10.7. The highest BCUT2D eigenvalue weighted by atomic mass is 16.6. The van der Waals surface area contributed by atoms with Crippen molar-refractivity contribution < 1.29 is 28.5 Å². The van der Waals surface area contributed by atoms with E-state index < -0.39 is 11.4 Å². The van der Waals surface area contributed by atoms with Crippen LogP contribution in [0.4, 0.5) is 0 Å². The number of fused-ring (bicyclic) bond motifs is 4. The Hall–Kier alpha value is -6.40. The summed E-state index contributed by atoms with van der Waals surface area (Å²) in [7, 11) is 0. The number of carbonyl (C=O) groups is 2. The first kappa shape index (κ1) is 38.1. The molecular weight excluding hydrogens is 733 g/mol. The van der Waals surface area contributed by atoms with Gasteiger partial charge in [-0.2, -0.15) is 0 Å². The largest absolute Gasteiger partial charge is 0.490 e. The number of hydrogen-bond donors (Lipinski definition) is 0. The van der Waals surface area contributed by atoms with Crippen LogP contribution in [0, 0.1) is 5.92 Å². The standard InChI is InChI=1S/C53H48O6/c1-5-49(54)58-30-28-56-37-23-18-34(19-24-37)53(47-16-10-8-13-40(47)41-14-9-11-17-48(41)53)35-20-25-38(26-21-35)57-29-31-59-51(55)46-33-45-39-12-6-7-15-42(39)50(46)43-27-22-36(32-44(43)45)52(2,3)4/h5-27,32,45-46,50H,1,28-31,33H2,2-4H3. The summed E-state index contributed by atoms with van der Waals surface area (Å²) < 4.78 is 23.2. The first-order chi connectivity index (χ1) is 28.7. The second kappa shape index (κ2) is 15.4. The number of benzene rings is 6. The third-order valence-electron chi connectivity index (χ3n) is 12.5. The van der Waals surface area contributed by atoms with Crippen molar-refractivity contribution in [1.82, 2.24) is 0 Å². The van der Waals surface area contributed by atoms with E-state index >= 15 is 0 Å². The molecule has 4 aliphatic rings. The number of carbonyl (C=O) groups excluding carboxylic acids is 2. The van der Waals surface area contributed by atoms with Gasteiger partial charge in [-0.1, -0.05) is 143 Å². The van der Waals surface area contributed by atoms with E-state index in [0.717, 1.165) is 23.6 Å². The summed E-state index contributed by atoms with van der Waals surface area (Å²) in [5.41, 5.74) is 13.0. The molecule has 0 spiro atoms. The molecule has 10 rings (SSSR count).